The molecule has 0 spiro atoms. The Labute approximate surface area is 126 Å². The van der Waals surface area contributed by atoms with E-state index in [1.807, 2.05) is 0 Å². The Morgan fingerprint density at radius 1 is 1.41 bits per heavy atom. The van der Waals surface area contributed by atoms with E-state index >= 15 is 0 Å². The van der Waals surface area contributed by atoms with E-state index < -0.39 is 23.7 Å². The van der Waals surface area contributed by atoms with E-state index in [4.69, 9.17) is 0 Å². The number of aryl methyl sites for hydroxylation is 1. The first-order chi connectivity index (χ1) is 10.2. The molecule has 0 saturated heterocycles. The highest BCUT2D eigenvalue weighted by atomic mass is 32.1. The Morgan fingerprint density at radius 3 is 2.64 bits per heavy atom. The number of esters is 1. The number of rotatable bonds is 3. The Kier molecular flexibility index (Phi) is 4.22. The molecule has 22 heavy (non-hydrogen) atoms. The molecule has 2 rings (SSSR count). The molecule has 1 N–H and O–H groups in total. The monoisotopic (exact) mass is 333 g/mol. The molecule has 0 unspecified atom stereocenters. The summed E-state index contributed by atoms with van der Waals surface area (Å²) < 4.78 is 43.1. The van der Waals surface area contributed by atoms with Crippen LogP contribution in [0.2, 0.25) is 0 Å². The summed E-state index contributed by atoms with van der Waals surface area (Å²) in [5, 5.41) is 7.17. The van der Waals surface area contributed by atoms with E-state index in [1.54, 1.807) is 5.38 Å². The molecule has 0 fully saturated rings. The Balaban J connectivity index is 2.26. The number of carbonyl (C=O) groups excluding carboxylic acids is 2. The average molecular weight is 333 g/mol. The van der Waals surface area contributed by atoms with Gasteiger partial charge < -0.3 is 10.1 Å². The molecule has 0 aliphatic carbocycles. The molecular formula is C12H10F3N3O3S. The van der Waals surface area contributed by atoms with Crippen LogP contribution in [0.5, 0.6) is 0 Å². The highest BCUT2D eigenvalue weighted by Crippen LogP contribution is 2.29. The third-order valence-electron chi connectivity index (χ3n) is 2.69. The maximum atomic E-state index is 12.6. The minimum absolute atomic E-state index is 0.147. The van der Waals surface area contributed by atoms with Crippen LogP contribution in [-0.2, 0) is 18.0 Å². The second kappa shape index (κ2) is 5.79. The molecule has 10 heteroatoms. The fourth-order valence-electron chi connectivity index (χ4n) is 1.66. The van der Waals surface area contributed by atoms with Gasteiger partial charge in [-0.3, -0.25) is 9.48 Å². The molecule has 0 atom stereocenters. The number of ether oxygens (including phenoxy) is 1. The predicted molar refractivity (Wildman–Crippen MR) is 71.8 cm³/mol. The zero-order valence-electron chi connectivity index (χ0n) is 11.4. The third kappa shape index (κ3) is 3.11. The van der Waals surface area contributed by atoms with Crippen LogP contribution in [-0.4, -0.2) is 28.8 Å². The summed E-state index contributed by atoms with van der Waals surface area (Å²) in [6.07, 6.45) is -4.64. The summed E-state index contributed by atoms with van der Waals surface area (Å²) >= 11 is 1.04. The van der Waals surface area contributed by atoms with E-state index in [1.165, 1.54) is 20.2 Å². The number of amides is 1. The largest absolute Gasteiger partial charge is 0.465 e. The van der Waals surface area contributed by atoms with Gasteiger partial charge in [-0.15, -0.1) is 11.3 Å². The van der Waals surface area contributed by atoms with Crippen LogP contribution in [0.25, 0.3) is 0 Å². The predicted octanol–water partition coefficient (Wildman–Crippen LogP) is 2.54. The molecule has 0 bridgehead atoms. The molecule has 6 nitrogen and oxygen atoms in total. The lowest BCUT2D eigenvalue weighted by atomic mass is 10.3. The van der Waals surface area contributed by atoms with Crippen molar-refractivity contribution in [2.24, 2.45) is 7.05 Å². The van der Waals surface area contributed by atoms with Gasteiger partial charge >= 0.3 is 12.1 Å². The number of nitrogens with one attached hydrogen (secondary N) is 1. The van der Waals surface area contributed by atoms with Gasteiger partial charge in [0.1, 0.15) is 10.6 Å². The van der Waals surface area contributed by atoms with Crippen LogP contribution >= 0.6 is 11.3 Å². The van der Waals surface area contributed by atoms with Gasteiger partial charge in [-0.05, 0) is 11.4 Å². The van der Waals surface area contributed by atoms with Crippen molar-refractivity contribution in [3.63, 3.8) is 0 Å². The van der Waals surface area contributed by atoms with E-state index in [0.29, 0.717) is 6.07 Å². The molecule has 2 aromatic rings. The number of carbonyl (C=O) groups is 2. The quantitative estimate of drug-likeness (QED) is 0.876. The summed E-state index contributed by atoms with van der Waals surface area (Å²) in [6.45, 7) is 0. The zero-order valence-corrected chi connectivity index (χ0v) is 12.2. The first-order valence-electron chi connectivity index (χ1n) is 5.82. The van der Waals surface area contributed by atoms with Crippen LogP contribution in [0.4, 0.5) is 18.9 Å². The molecule has 1 amide bonds. The van der Waals surface area contributed by atoms with Crippen LogP contribution in [0.1, 0.15) is 25.9 Å². The summed E-state index contributed by atoms with van der Waals surface area (Å²) in [5.41, 5.74) is -1.29. The zero-order chi connectivity index (χ0) is 16.5. The van der Waals surface area contributed by atoms with Gasteiger partial charge in [0.25, 0.3) is 5.91 Å². The molecule has 0 aliphatic rings. The number of halogens is 3. The SMILES string of the molecule is COC(=O)c1sccc1NC(=O)c1cc(C(F)(F)F)nn1C. The summed E-state index contributed by atoms with van der Waals surface area (Å²) in [6, 6.07) is 2.09. The van der Waals surface area contributed by atoms with Gasteiger partial charge in [0.15, 0.2) is 5.69 Å². The minimum Gasteiger partial charge on any atom is -0.465 e. The number of hydrogen-bond acceptors (Lipinski definition) is 5. The molecule has 0 aromatic carbocycles. The fourth-order valence-corrected chi connectivity index (χ4v) is 2.43. The number of hydrogen-bond donors (Lipinski definition) is 1. The normalized spacial score (nSPS) is 11.3. The van der Waals surface area contributed by atoms with Crippen molar-refractivity contribution in [1.29, 1.82) is 0 Å². The lowest BCUT2D eigenvalue weighted by Crippen LogP contribution is -2.17. The first kappa shape index (κ1) is 16.0. The Hall–Kier alpha value is -2.36. The second-order valence-electron chi connectivity index (χ2n) is 4.15. The smallest absolute Gasteiger partial charge is 0.435 e. The van der Waals surface area contributed by atoms with Crippen LogP contribution in [0.15, 0.2) is 17.5 Å². The molecule has 0 saturated carbocycles. The molecule has 2 aromatic heterocycles. The highest BCUT2D eigenvalue weighted by molar-refractivity contribution is 7.12. The van der Waals surface area contributed by atoms with Crippen LogP contribution < -0.4 is 5.32 Å². The van der Waals surface area contributed by atoms with E-state index in [-0.39, 0.29) is 16.3 Å². The average Bonchev–Trinajstić information content (AvgIpc) is 3.03. The van der Waals surface area contributed by atoms with Crippen molar-refractivity contribution in [2.45, 2.75) is 6.18 Å². The molecule has 0 radical (unpaired) electrons. The van der Waals surface area contributed by atoms with Gasteiger partial charge in [-0.1, -0.05) is 0 Å². The van der Waals surface area contributed by atoms with Crippen molar-refractivity contribution in [3.8, 4) is 0 Å². The van der Waals surface area contributed by atoms with Crippen molar-refractivity contribution in [3.05, 3.63) is 33.8 Å². The molecule has 0 aliphatic heterocycles. The first-order valence-corrected chi connectivity index (χ1v) is 6.70. The van der Waals surface area contributed by atoms with Crippen molar-refractivity contribution >= 4 is 28.9 Å². The van der Waals surface area contributed by atoms with Gasteiger partial charge in [-0.25, -0.2) is 4.79 Å². The minimum atomic E-state index is -4.64. The van der Waals surface area contributed by atoms with Gasteiger partial charge in [0.05, 0.1) is 12.8 Å². The standard InChI is InChI=1S/C12H10F3N3O3S/c1-18-7(5-8(17-18)12(13,14)15)10(19)16-6-3-4-22-9(6)11(20)21-2/h3-5H,1-2H3,(H,16,19). The highest BCUT2D eigenvalue weighted by Gasteiger charge is 2.35. The van der Waals surface area contributed by atoms with Crippen molar-refractivity contribution < 1.29 is 27.5 Å². The molecule has 2 heterocycles. The molecular weight excluding hydrogens is 323 g/mol. The van der Waals surface area contributed by atoms with E-state index in [2.05, 4.69) is 15.2 Å². The third-order valence-corrected chi connectivity index (χ3v) is 3.58. The van der Waals surface area contributed by atoms with Crippen molar-refractivity contribution in [2.75, 3.05) is 12.4 Å². The van der Waals surface area contributed by atoms with Gasteiger partial charge in [0, 0.05) is 13.1 Å². The maximum absolute atomic E-state index is 12.6. The number of alkyl halides is 3. The van der Waals surface area contributed by atoms with Gasteiger partial charge in [0.2, 0.25) is 0 Å². The number of anilines is 1. The summed E-state index contributed by atoms with van der Waals surface area (Å²) in [4.78, 5) is 23.7. The number of aromatic nitrogens is 2. The van der Waals surface area contributed by atoms with Crippen LogP contribution in [0.3, 0.4) is 0 Å². The number of thiophene rings is 1. The van der Waals surface area contributed by atoms with Crippen LogP contribution in [0, 0.1) is 0 Å². The lowest BCUT2D eigenvalue weighted by Gasteiger charge is -2.05. The Morgan fingerprint density at radius 2 is 2.09 bits per heavy atom. The lowest BCUT2D eigenvalue weighted by molar-refractivity contribution is -0.141. The molecule has 118 valence electrons. The topological polar surface area (TPSA) is 73.2 Å². The summed E-state index contributed by atoms with van der Waals surface area (Å²) in [5.74, 6) is -1.46. The second-order valence-corrected chi connectivity index (χ2v) is 5.06. The number of methoxy groups -OCH3 is 1. The van der Waals surface area contributed by atoms with E-state index in [0.717, 1.165) is 16.0 Å². The summed E-state index contributed by atoms with van der Waals surface area (Å²) in [7, 11) is 2.41. The van der Waals surface area contributed by atoms with E-state index in [9.17, 15) is 22.8 Å². The maximum Gasteiger partial charge on any atom is 0.435 e. The van der Waals surface area contributed by atoms with Gasteiger partial charge in [-0.2, -0.15) is 18.3 Å². The van der Waals surface area contributed by atoms with Crippen molar-refractivity contribution in [1.82, 2.24) is 9.78 Å². The number of nitrogens with zero attached hydrogens (tertiary/aromatic N) is 2. The Bertz CT molecular complexity index is 721. The fraction of sp³-hybridized carbons (Fsp3) is 0.250.